The number of piperazine rings is 1. The fraction of sp³-hybridized carbons (Fsp3) is 0.409. The first-order chi connectivity index (χ1) is 16.5. The minimum atomic E-state index is -5.69. The summed E-state index contributed by atoms with van der Waals surface area (Å²) in [5.74, 6) is -1.44. The van der Waals surface area contributed by atoms with Crippen molar-refractivity contribution >= 4 is 31.3 Å². The van der Waals surface area contributed by atoms with Crippen molar-refractivity contribution in [1.82, 2.24) is 4.90 Å². The van der Waals surface area contributed by atoms with Crippen molar-refractivity contribution in [2.75, 3.05) is 37.3 Å². The van der Waals surface area contributed by atoms with E-state index >= 15 is 0 Å². The number of carbonyl (C=O) groups is 1. The second-order valence-electron chi connectivity index (χ2n) is 8.44. The summed E-state index contributed by atoms with van der Waals surface area (Å²) in [5.41, 5.74) is -5.61. The molecule has 0 radical (unpaired) electrons. The average molecular weight is 553 g/mol. The third kappa shape index (κ3) is 5.75. The van der Waals surface area contributed by atoms with Gasteiger partial charge in [0, 0.05) is 32.4 Å². The minimum absolute atomic E-state index is 0.0490. The highest BCUT2D eigenvalue weighted by Gasteiger charge is 2.47. The summed E-state index contributed by atoms with van der Waals surface area (Å²) in [5, 5.41) is 0. The molecule has 14 heteroatoms. The van der Waals surface area contributed by atoms with Gasteiger partial charge in [-0.3, -0.25) is 4.79 Å². The number of nitrogens with zero attached hydrogens (tertiary/aromatic N) is 2. The Morgan fingerprint density at radius 1 is 0.944 bits per heavy atom. The van der Waals surface area contributed by atoms with Gasteiger partial charge in [0.25, 0.3) is 15.7 Å². The lowest BCUT2D eigenvalue weighted by molar-refractivity contribution is -0.0436. The molecule has 0 N–H and O–H groups in total. The van der Waals surface area contributed by atoms with E-state index in [0.717, 1.165) is 12.3 Å². The molecule has 1 aliphatic heterocycles. The average Bonchev–Trinajstić information content (AvgIpc) is 2.77. The van der Waals surface area contributed by atoms with Gasteiger partial charge in [0.05, 0.1) is 27.1 Å². The lowest BCUT2D eigenvalue weighted by atomic mass is 10.1. The van der Waals surface area contributed by atoms with Crippen LogP contribution in [0.4, 0.5) is 23.2 Å². The van der Waals surface area contributed by atoms with Gasteiger partial charge in [0.1, 0.15) is 11.6 Å². The summed E-state index contributed by atoms with van der Waals surface area (Å²) in [7, 11) is -9.29. The summed E-state index contributed by atoms with van der Waals surface area (Å²) in [6.07, 6.45) is 0.725. The van der Waals surface area contributed by atoms with Gasteiger partial charge in [-0.2, -0.15) is 13.2 Å². The zero-order valence-corrected chi connectivity index (χ0v) is 21.2. The quantitative estimate of drug-likeness (QED) is 0.507. The van der Waals surface area contributed by atoms with Crippen LogP contribution in [-0.2, 0) is 19.7 Å². The predicted octanol–water partition coefficient (Wildman–Crippen LogP) is 3.27. The van der Waals surface area contributed by atoms with Crippen LogP contribution in [0.15, 0.2) is 46.2 Å². The fourth-order valence-electron chi connectivity index (χ4n) is 3.63. The van der Waals surface area contributed by atoms with Crippen molar-refractivity contribution in [3.8, 4) is 5.75 Å². The zero-order valence-electron chi connectivity index (χ0n) is 19.5. The maximum atomic E-state index is 14.6. The van der Waals surface area contributed by atoms with E-state index in [9.17, 15) is 39.2 Å². The molecule has 3 rings (SSSR count). The fourth-order valence-corrected chi connectivity index (χ4v) is 5.05. The van der Waals surface area contributed by atoms with Crippen LogP contribution < -0.4 is 9.64 Å². The zero-order chi connectivity index (χ0) is 27.1. The number of amides is 1. The molecular weight excluding hydrogens is 528 g/mol. The number of rotatable bonds is 6. The van der Waals surface area contributed by atoms with Gasteiger partial charge >= 0.3 is 5.51 Å². The molecule has 1 heterocycles. The molecule has 0 aromatic heterocycles. The molecule has 2 aromatic carbocycles. The molecular formula is C22H24F4N2O6S2. The molecule has 0 spiro atoms. The van der Waals surface area contributed by atoms with Gasteiger partial charge in [0.15, 0.2) is 9.84 Å². The lowest BCUT2D eigenvalue weighted by Gasteiger charge is -2.36. The molecule has 1 aliphatic rings. The smallest absolute Gasteiger partial charge is 0.490 e. The monoisotopic (exact) mass is 552 g/mol. The van der Waals surface area contributed by atoms with Crippen LogP contribution in [0.2, 0.25) is 0 Å². The summed E-state index contributed by atoms with van der Waals surface area (Å²) in [6, 6.07) is 5.95. The Morgan fingerprint density at radius 3 is 2.03 bits per heavy atom. The normalized spacial score (nSPS) is 15.3. The highest BCUT2D eigenvalue weighted by Crippen LogP contribution is 2.33. The molecule has 0 unspecified atom stereocenters. The third-order valence-electron chi connectivity index (χ3n) is 5.41. The van der Waals surface area contributed by atoms with Crippen molar-refractivity contribution in [2.45, 2.75) is 35.3 Å². The van der Waals surface area contributed by atoms with Gasteiger partial charge in [0.2, 0.25) is 0 Å². The Labute approximate surface area is 206 Å². The first-order valence-corrected chi connectivity index (χ1v) is 14.1. The maximum Gasteiger partial charge on any atom is 0.501 e. The molecule has 0 atom stereocenters. The van der Waals surface area contributed by atoms with Gasteiger partial charge in [-0.1, -0.05) is 0 Å². The number of carbonyl (C=O) groups excluding carboxylic acids is 1. The standard InChI is InChI=1S/C22H24F4N2O6S2/c1-14(2)34-20-7-5-15(35(3,30)31)12-17(20)21(29)28-10-8-27(9-11-28)19-6-4-16(13-18(19)23)36(32,33)22(24,25)26/h4-7,12-14H,8-11H2,1-3H3. The molecule has 1 fully saturated rings. The number of ether oxygens (including phenoxy) is 1. The van der Waals surface area contributed by atoms with E-state index in [1.165, 1.54) is 28.0 Å². The molecule has 198 valence electrons. The van der Waals surface area contributed by atoms with Gasteiger partial charge < -0.3 is 14.5 Å². The predicted molar refractivity (Wildman–Crippen MR) is 123 cm³/mol. The van der Waals surface area contributed by atoms with E-state index in [1.54, 1.807) is 13.8 Å². The van der Waals surface area contributed by atoms with Crippen molar-refractivity contribution in [2.24, 2.45) is 0 Å². The van der Waals surface area contributed by atoms with Crippen LogP contribution in [0.25, 0.3) is 0 Å². The van der Waals surface area contributed by atoms with Crippen molar-refractivity contribution in [1.29, 1.82) is 0 Å². The number of hydrogen-bond donors (Lipinski definition) is 0. The molecule has 0 bridgehead atoms. The Balaban J connectivity index is 1.80. The second-order valence-corrected chi connectivity index (χ2v) is 12.4. The summed E-state index contributed by atoms with van der Waals surface area (Å²) in [6.45, 7) is 3.87. The number of alkyl halides is 3. The lowest BCUT2D eigenvalue weighted by Crippen LogP contribution is -2.49. The van der Waals surface area contributed by atoms with E-state index in [2.05, 4.69) is 0 Å². The molecule has 1 saturated heterocycles. The maximum absolute atomic E-state index is 14.6. The summed E-state index contributed by atoms with van der Waals surface area (Å²) < 4.78 is 106. The van der Waals surface area contributed by atoms with E-state index in [4.69, 9.17) is 4.74 Å². The van der Waals surface area contributed by atoms with Crippen molar-refractivity contribution in [3.05, 3.63) is 47.8 Å². The Morgan fingerprint density at radius 2 is 1.53 bits per heavy atom. The number of hydrogen-bond acceptors (Lipinski definition) is 7. The molecule has 2 aromatic rings. The van der Waals surface area contributed by atoms with Crippen molar-refractivity contribution in [3.63, 3.8) is 0 Å². The second kappa shape index (κ2) is 9.88. The third-order valence-corrected chi connectivity index (χ3v) is 8.01. The summed E-state index contributed by atoms with van der Waals surface area (Å²) >= 11 is 0. The van der Waals surface area contributed by atoms with E-state index in [0.29, 0.717) is 12.1 Å². The number of sulfone groups is 2. The van der Waals surface area contributed by atoms with Crippen LogP contribution in [0.5, 0.6) is 5.75 Å². The molecule has 0 saturated carbocycles. The Hall–Kier alpha value is -2.87. The number of benzene rings is 2. The minimum Gasteiger partial charge on any atom is -0.490 e. The van der Waals surface area contributed by atoms with Crippen LogP contribution >= 0.6 is 0 Å². The number of anilines is 1. The SMILES string of the molecule is CC(C)Oc1ccc(S(C)(=O)=O)cc1C(=O)N1CCN(c2ccc(S(=O)(=O)C(F)(F)F)cc2F)CC1. The number of halogens is 4. The first kappa shape index (κ1) is 27.7. The van der Waals surface area contributed by atoms with Gasteiger partial charge in [-0.25, -0.2) is 21.2 Å². The topological polar surface area (TPSA) is 101 Å². The van der Waals surface area contributed by atoms with Crippen LogP contribution in [0.1, 0.15) is 24.2 Å². The Kier molecular flexibility index (Phi) is 7.61. The van der Waals surface area contributed by atoms with Crippen molar-refractivity contribution < 1.29 is 43.9 Å². The van der Waals surface area contributed by atoms with Crippen LogP contribution in [0.3, 0.4) is 0 Å². The van der Waals surface area contributed by atoms with Gasteiger partial charge in [-0.15, -0.1) is 0 Å². The highest BCUT2D eigenvalue weighted by atomic mass is 32.2. The first-order valence-electron chi connectivity index (χ1n) is 10.7. The highest BCUT2D eigenvalue weighted by molar-refractivity contribution is 7.92. The molecule has 1 amide bonds. The molecule has 36 heavy (non-hydrogen) atoms. The van der Waals surface area contributed by atoms with Crippen LogP contribution in [0, 0.1) is 5.82 Å². The summed E-state index contributed by atoms with van der Waals surface area (Å²) in [4.78, 5) is 14.9. The van der Waals surface area contributed by atoms with Crippen LogP contribution in [-0.4, -0.2) is 71.7 Å². The molecule has 8 nitrogen and oxygen atoms in total. The Bertz CT molecular complexity index is 1370. The van der Waals surface area contributed by atoms with E-state index < -0.39 is 41.8 Å². The molecule has 0 aliphatic carbocycles. The van der Waals surface area contributed by atoms with E-state index in [-0.39, 0.29) is 54.2 Å². The van der Waals surface area contributed by atoms with E-state index in [1.807, 2.05) is 0 Å². The largest absolute Gasteiger partial charge is 0.501 e. The van der Waals surface area contributed by atoms with Gasteiger partial charge in [-0.05, 0) is 50.2 Å².